The van der Waals surface area contributed by atoms with Crippen molar-refractivity contribution in [2.75, 3.05) is 0 Å². The summed E-state index contributed by atoms with van der Waals surface area (Å²) in [4.78, 5) is 34.4. The number of halogens is 1. The first kappa shape index (κ1) is 16.1. The average Bonchev–Trinajstić information content (AvgIpc) is 2.53. The lowest BCUT2D eigenvalue weighted by molar-refractivity contribution is -0.384. The Morgan fingerprint density at radius 3 is 2.33 bits per heavy atom. The molecule has 0 radical (unpaired) electrons. The Hall–Kier alpha value is -2.77. The third-order valence-corrected chi connectivity index (χ3v) is 4.10. The Morgan fingerprint density at radius 2 is 1.75 bits per heavy atom. The van der Waals surface area contributed by atoms with Crippen LogP contribution in [0, 0.1) is 15.9 Å². The van der Waals surface area contributed by atoms with E-state index in [-0.39, 0.29) is 11.3 Å². The van der Waals surface area contributed by atoms with Gasteiger partial charge in [0.1, 0.15) is 11.4 Å². The van der Waals surface area contributed by atoms with Crippen LogP contribution in [0.3, 0.4) is 0 Å². The van der Waals surface area contributed by atoms with E-state index in [0.717, 1.165) is 43.5 Å². The number of hydrogen-bond acceptors (Lipinski definition) is 6. The Morgan fingerprint density at radius 1 is 1.12 bits per heavy atom. The number of hydrogen-bond donors (Lipinski definition) is 0. The van der Waals surface area contributed by atoms with Crippen molar-refractivity contribution >= 4 is 23.7 Å². The summed E-state index contributed by atoms with van der Waals surface area (Å²) in [6.45, 7) is 0. The summed E-state index contributed by atoms with van der Waals surface area (Å²) >= 11 is 0. The van der Waals surface area contributed by atoms with Gasteiger partial charge in [0.25, 0.3) is 11.5 Å². The molecule has 0 aromatic heterocycles. The van der Waals surface area contributed by atoms with Crippen LogP contribution in [-0.2, 0) is 19.1 Å². The van der Waals surface area contributed by atoms with Gasteiger partial charge in [-0.15, -0.1) is 0 Å². The zero-order valence-corrected chi connectivity index (χ0v) is 12.6. The number of nitro groups is 1. The van der Waals surface area contributed by atoms with Gasteiger partial charge in [-0.25, -0.2) is 14.0 Å². The van der Waals surface area contributed by atoms with Crippen molar-refractivity contribution in [1.82, 2.24) is 0 Å². The first-order valence-corrected chi connectivity index (χ1v) is 7.52. The fourth-order valence-electron chi connectivity index (χ4n) is 2.88. The molecule has 1 saturated heterocycles. The largest absolute Gasteiger partial charge is 0.419 e. The number of nitrogens with zero attached hydrogens (tertiary/aromatic N) is 1. The number of esters is 2. The predicted octanol–water partition coefficient (Wildman–Crippen LogP) is 2.88. The summed E-state index contributed by atoms with van der Waals surface area (Å²) < 4.78 is 24.4. The molecule has 1 aliphatic heterocycles. The third kappa shape index (κ3) is 2.99. The lowest BCUT2D eigenvalue weighted by Crippen LogP contribution is -2.47. The van der Waals surface area contributed by atoms with Gasteiger partial charge in [0.05, 0.1) is 4.92 Å². The van der Waals surface area contributed by atoms with Crippen LogP contribution >= 0.6 is 0 Å². The lowest BCUT2D eigenvalue weighted by atomic mass is 9.93. The third-order valence-electron chi connectivity index (χ3n) is 4.10. The Labute approximate surface area is 136 Å². The topological polar surface area (TPSA) is 95.7 Å². The number of rotatable bonds is 2. The second-order valence-corrected chi connectivity index (χ2v) is 5.77. The number of carbonyl (C=O) groups excluding carboxylic acids is 2. The van der Waals surface area contributed by atoms with Crippen molar-refractivity contribution in [1.29, 1.82) is 0 Å². The molecule has 3 rings (SSSR count). The summed E-state index contributed by atoms with van der Waals surface area (Å²) in [6, 6.07) is 2.83. The van der Waals surface area contributed by atoms with Crippen molar-refractivity contribution in [3.63, 3.8) is 0 Å². The van der Waals surface area contributed by atoms with Crippen molar-refractivity contribution in [3.05, 3.63) is 45.3 Å². The van der Waals surface area contributed by atoms with Crippen LogP contribution in [0.15, 0.2) is 23.8 Å². The molecule has 1 aromatic rings. The fraction of sp³-hybridized carbons (Fsp3) is 0.375. The summed E-state index contributed by atoms with van der Waals surface area (Å²) in [5, 5.41) is 10.8. The molecule has 7 nitrogen and oxygen atoms in total. The summed E-state index contributed by atoms with van der Waals surface area (Å²) in [7, 11) is 0. The van der Waals surface area contributed by atoms with E-state index < -0.39 is 34.0 Å². The molecule has 0 bridgehead atoms. The van der Waals surface area contributed by atoms with Crippen LogP contribution in [-0.4, -0.2) is 22.6 Å². The highest BCUT2D eigenvalue weighted by atomic mass is 19.1. The van der Waals surface area contributed by atoms with Crippen LogP contribution in [0.1, 0.15) is 37.7 Å². The van der Waals surface area contributed by atoms with E-state index in [4.69, 9.17) is 9.47 Å². The number of non-ortho nitro benzene ring substituents is 1. The number of benzene rings is 1. The van der Waals surface area contributed by atoms with Crippen molar-refractivity contribution in [2.45, 2.75) is 37.9 Å². The fourth-order valence-corrected chi connectivity index (χ4v) is 2.88. The SMILES string of the molecule is O=C1OC2(CCCCC2)OC(=O)C1=Cc1cc([N+](=O)[O-])ccc1F. The van der Waals surface area contributed by atoms with Crippen molar-refractivity contribution in [3.8, 4) is 0 Å². The Balaban J connectivity index is 1.91. The maximum absolute atomic E-state index is 13.8. The number of carbonyl (C=O) groups is 2. The number of ether oxygens (including phenoxy) is 2. The van der Waals surface area contributed by atoms with Gasteiger partial charge < -0.3 is 9.47 Å². The highest BCUT2D eigenvalue weighted by Gasteiger charge is 2.46. The molecule has 8 heteroatoms. The van der Waals surface area contributed by atoms with Gasteiger partial charge in [-0.3, -0.25) is 10.1 Å². The maximum atomic E-state index is 13.8. The van der Waals surface area contributed by atoms with Crippen LogP contribution in [0.25, 0.3) is 6.08 Å². The normalized spacial score (nSPS) is 19.6. The Bertz CT molecular complexity index is 729. The van der Waals surface area contributed by atoms with Crippen molar-refractivity contribution in [2.24, 2.45) is 0 Å². The molecule has 1 heterocycles. The first-order valence-electron chi connectivity index (χ1n) is 7.52. The van der Waals surface area contributed by atoms with Gasteiger partial charge in [0.15, 0.2) is 0 Å². The minimum atomic E-state index is -1.23. The van der Waals surface area contributed by atoms with Crippen LogP contribution in [0.2, 0.25) is 0 Å². The molecule has 1 aliphatic carbocycles. The van der Waals surface area contributed by atoms with Gasteiger partial charge in [0, 0.05) is 30.5 Å². The molecule has 0 atom stereocenters. The van der Waals surface area contributed by atoms with E-state index >= 15 is 0 Å². The van der Waals surface area contributed by atoms with E-state index in [9.17, 15) is 24.1 Å². The summed E-state index contributed by atoms with van der Waals surface area (Å²) in [5.41, 5.74) is -1.09. The molecule has 0 amide bonds. The maximum Gasteiger partial charge on any atom is 0.348 e. The summed E-state index contributed by atoms with van der Waals surface area (Å²) in [5.74, 6) is -3.84. The quantitative estimate of drug-likeness (QED) is 0.271. The molecule has 1 aromatic carbocycles. The zero-order valence-electron chi connectivity index (χ0n) is 12.6. The predicted molar refractivity (Wildman–Crippen MR) is 79.0 cm³/mol. The van der Waals surface area contributed by atoms with E-state index in [2.05, 4.69) is 0 Å². The molecule has 24 heavy (non-hydrogen) atoms. The zero-order chi connectivity index (χ0) is 17.3. The molecule has 1 spiro atoms. The Kier molecular flexibility index (Phi) is 4.04. The van der Waals surface area contributed by atoms with Gasteiger partial charge in [-0.2, -0.15) is 0 Å². The molecule has 0 N–H and O–H groups in total. The van der Waals surface area contributed by atoms with Crippen LogP contribution < -0.4 is 0 Å². The molecule has 2 fully saturated rings. The molecule has 126 valence electrons. The highest BCUT2D eigenvalue weighted by Crippen LogP contribution is 2.37. The molecule has 0 unspecified atom stereocenters. The van der Waals surface area contributed by atoms with E-state index in [1.54, 1.807) is 0 Å². The molecule has 1 saturated carbocycles. The second-order valence-electron chi connectivity index (χ2n) is 5.77. The molecular formula is C16H14FNO6. The average molecular weight is 335 g/mol. The second kappa shape index (κ2) is 6.03. The van der Waals surface area contributed by atoms with Crippen LogP contribution in [0.4, 0.5) is 10.1 Å². The monoisotopic (exact) mass is 335 g/mol. The highest BCUT2D eigenvalue weighted by molar-refractivity contribution is 6.18. The number of nitro benzene ring substituents is 1. The van der Waals surface area contributed by atoms with Crippen molar-refractivity contribution < 1.29 is 28.4 Å². The standard InChI is InChI=1S/C16H14FNO6/c17-13-5-4-11(18(21)22)8-10(13)9-12-14(19)23-16(24-15(12)20)6-2-1-3-7-16/h4-5,8-9H,1-3,6-7H2. The minimum absolute atomic E-state index is 0.257. The van der Waals surface area contributed by atoms with Gasteiger partial charge in [0.2, 0.25) is 0 Å². The molecular weight excluding hydrogens is 321 g/mol. The van der Waals surface area contributed by atoms with E-state index in [1.165, 1.54) is 0 Å². The van der Waals surface area contributed by atoms with Gasteiger partial charge >= 0.3 is 11.9 Å². The van der Waals surface area contributed by atoms with Gasteiger partial charge in [-0.05, 0) is 25.0 Å². The lowest BCUT2D eigenvalue weighted by Gasteiger charge is -2.38. The minimum Gasteiger partial charge on any atom is -0.419 e. The van der Waals surface area contributed by atoms with E-state index in [0.29, 0.717) is 12.8 Å². The van der Waals surface area contributed by atoms with E-state index in [1.807, 2.05) is 0 Å². The van der Waals surface area contributed by atoms with Crippen LogP contribution in [0.5, 0.6) is 0 Å². The smallest absolute Gasteiger partial charge is 0.348 e. The van der Waals surface area contributed by atoms with Gasteiger partial charge in [-0.1, -0.05) is 6.42 Å². The molecule has 2 aliphatic rings. The first-order chi connectivity index (χ1) is 11.4. The summed E-state index contributed by atoms with van der Waals surface area (Å²) in [6.07, 6.45) is 4.31.